The van der Waals surface area contributed by atoms with Crippen molar-refractivity contribution in [2.75, 3.05) is 6.54 Å². The molecule has 2 atom stereocenters. The van der Waals surface area contributed by atoms with E-state index in [1.807, 2.05) is 51.1 Å². The summed E-state index contributed by atoms with van der Waals surface area (Å²) in [5, 5.41) is 3.00. The van der Waals surface area contributed by atoms with Crippen molar-refractivity contribution in [2.45, 2.75) is 58.5 Å². The predicted molar refractivity (Wildman–Crippen MR) is 114 cm³/mol. The molecule has 0 aliphatic heterocycles. The van der Waals surface area contributed by atoms with E-state index in [9.17, 15) is 14.0 Å². The molecule has 0 radical (unpaired) electrons. The second kappa shape index (κ2) is 11.3. The molecule has 1 N–H and O–H groups in total. The van der Waals surface area contributed by atoms with Gasteiger partial charge in [-0.2, -0.15) is 0 Å². The van der Waals surface area contributed by atoms with Crippen LogP contribution in [0, 0.1) is 5.82 Å². The summed E-state index contributed by atoms with van der Waals surface area (Å²) in [6.07, 6.45) is 2.17. The van der Waals surface area contributed by atoms with Gasteiger partial charge in [-0.25, -0.2) is 4.39 Å². The minimum absolute atomic E-state index is 0.0553. The van der Waals surface area contributed by atoms with Gasteiger partial charge < -0.3 is 10.2 Å². The van der Waals surface area contributed by atoms with Crippen LogP contribution >= 0.6 is 0 Å². The fourth-order valence-corrected chi connectivity index (χ4v) is 3.22. The monoisotopic (exact) mass is 398 g/mol. The zero-order valence-corrected chi connectivity index (χ0v) is 17.5. The Labute approximate surface area is 173 Å². The van der Waals surface area contributed by atoms with E-state index in [-0.39, 0.29) is 30.1 Å². The van der Waals surface area contributed by atoms with Crippen LogP contribution in [0.5, 0.6) is 0 Å². The summed E-state index contributed by atoms with van der Waals surface area (Å²) >= 11 is 0. The van der Waals surface area contributed by atoms with Gasteiger partial charge in [0.15, 0.2) is 0 Å². The number of carbonyl (C=O) groups is 2. The Balaban J connectivity index is 2.18. The van der Waals surface area contributed by atoms with E-state index in [1.165, 1.54) is 12.1 Å². The van der Waals surface area contributed by atoms with E-state index >= 15 is 0 Å². The largest absolute Gasteiger partial charge is 0.352 e. The summed E-state index contributed by atoms with van der Waals surface area (Å²) in [6.45, 7) is 6.34. The van der Waals surface area contributed by atoms with Crippen LogP contribution in [0.25, 0.3) is 0 Å². The predicted octanol–water partition coefficient (Wildman–Crippen LogP) is 4.13. The number of benzene rings is 2. The first-order valence-electron chi connectivity index (χ1n) is 10.3. The summed E-state index contributed by atoms with van der Waals surface area (Å²) in [4.78, 5) is 27.6. The molecule has 0 heterocycles. The molecule has 5 heteroatoms. The summed E-state index contributed by atoms with van der Waals surface area (Å²) in [5.41, 5.74) is 1.85. The fourth-order valence-electron chi connectivity index (χ4n) is 3.22. The molecule has 4 nitrogen and oxygen atoms in total. The molecule has 0 saturated heterocycles. The van der Waals surface area contributed by atoms with Crippen LogP contribution in [0.4, 0.5) is 4.39 Å². The van der Waals surface area contributed by atoms with E-state index in [0.717, 1.165) is 17.5 Å². The lowest BCUT2D eigenvalue weighted by molar-refractivity contribution is -0.140. The number of rotatable bonds is 10. The van der Waals surface area contributed by atoms with Crippen molar-refractivity contribution >= 4 is 11.8 Å². The van der Waals surface area contributed by atoms with Gasteiger partial charge in [0.25, 0.3) is 0 Å². The number of nitrogens with one attached hydrogen (secondary N) is 1. The molecule has 0 bridgehead atoms. The molecule has 0 unspecified atom stereocenters. The third-order valence-electron chi connectivity index (χ3n) is 5.14. The number of hydrogen-bond acceptors (Lipinski definition) is 2. The maximum absolute atomic E-state index is 13.2. The van der Waals surface area contributed by atoms with Crippen molar-refractivity contribution in [3.8, 4) is 0 Å². The Kier molecular flexibility index (Phi) is 8.84. The van der Waals surface area contributed by atoms with E-state index in [0.29, 0.717) is 19.4 Å². The Morgan fingerprint density at radius 3 is 2.21 bits per heavy atom. The highest BCUT2D eigenvalue weighted by Gasteiger charge is 2.28. The average Bonchev–Trinajstić information content (AvgIpc) is 2.73. The zero-order chi connectivity index (χ0) is 21.2. The molecular formula is C24H31FN2O2. The molecule has 2 aromatic carbocycles. The summed E-state index contributed by atoms with van der Waals surface area (Å²) in [6, 6.07) is 15.4. The molecule has 29 heavy (non-hydrogen) atoms. The molecule has 2 amide bonds. The summed E-state index contributed by atoms with van der Waals surface area (Å²) < 4.78 is 13.2. The first kappa shape index (κ1) is 22.6. The zero-order valence-electron chi connectivity index (χ0n) is 17.5. The molecule has 0 saturated carbocycles. The van der Waals surface area contributed by atoms with Gasteiger partial charge in [-0.05, 0) is 49.4 Å². The third-order valence-corrected chi connectivity index (χ3v) is 5.14. The van der Waals surface area contributed by atoms with Crippen LogP contribution < -0.4 is 5.32 Å². The highest BCUT2D eigenvalue weighted by atomic mass is 19.1. The smallest absolute Gasteiger partial charge is 0.243 e. The lowest BCUT2D eigenvalue weighted by Crippen LogP contribution is -2.52. The molecule has 0 aliphatic rings. The van der Waals surface area contributed by atoms with Crippen LogP contribution in [0.3, 0.4) is 0 Å². The number of hydrogen-bond donors (Lipinski definition) is 1. The van der Waals surface area contributed by atoms with Crippen molar-refractivity contribution < 1.29 is 14.0 Å². The van der Waals surface area contributed by atoms with Gasteiger partial charge in [0.05, 0.1) is 6.42 Å². The minimum atomic E-state index is -0.527. The highest BCUT2D eigenvalue weighted by molar-refractivity contribution is 5.88. The molecule has 0 aliphatic carbocycles. The average molecular weight is 399 g/mol. The Hall–Kier alpha value is -2.69. The quantitative estimate of drug-likeness (QED) is 0.654. The first-order chi connectivity index (χ1) is 13.9. The summed E-state index contributed by atoms with van der Waals surface area (Å²) in [5.74, 6) is -0.581. The van der Waals surface area contributed by atoms with Crippen molar-refractivity contribution in [1.82, 2.24) is 10.2 Å². The second-order valence-corrected chi connectivity index (χ2v) is 7.37. The molecule has 0 aromatic heterocycles. The molecule has 156 valence electrons. The Morgan fingerprint density at radius 1 is 0.966 bits per heavy atom. The van der Waals surface area contributed by atoms with Crippen LogP contribution in [0.15, 0.2) is 54.6 Å². The van der Waals surface area contributed by atoms with Crippen molar-refractivity contribution in [3.63, 3.8) is 0 Å². The van der Waals surface area contributed by atoms with Crippen LogP contribution in [0.2, 0.25) is 0 Å². The van der Waals surface area contributed by atoms with Crippen molar-refractivity contribution in [1.29, 1.82) is 0 Å². The van der Waals surface area contributed by atoms with E-state index < -0.39 is 6.04 Å². The Bertz CT molecular complexity index is 777. The molecular weight excluding hydrogens is 367 g/mol. The molecule has 2 aromatic rings. The van der Waals surface area contributed by atoms with Crippen LogP contribution in [-0.4, -0.2) is 35.3 Å². The van der Waals surface area contributed by atoms with Crippen LogP contribution in [0.1, 0.15) is 44.7 Å². The van der Waals surface area contributed by atoms with E-state index in [2.05, 4.69) is 5.32 Å². The van der Waals surface area contributed by atoms with E-state index in [4.69, 9.17) is 0 Å². The SMILES string of the molecule is CC[C@@H](C)NC(=O)[C@@H](CC)N(CCc1ccccc1)C(=O)Cc1ccc(F)cc1. The maximum Gasteiger partial charge on any atom is 0.243 e. The standard InChI is InChI=1S/C24H31FN2O2/c1-4-18(3)26-24(29)22(5-2)27(16-15-19-9-7-6-8-10-19)23(28)17-20-11-13-21(25)14-12-20/h6-14,18,22H,4-5,15-17H2,1-3H3,(H,26,29)/t18-,22-/m1/s1. The molecule has 2 rings (SSSR count). The van der Waals surface area contributed by atoms with Crippen molar-refractivity contribution in [3.05, 3.63) is 71.5 Å². The number of amides is 2. The molecule has 0 fully saturated rings. The third kappa shape index (κ3) is 7.00. The highest BCUT2D eigenvalue weighted by Crippen LogP contribution is 2.13. The second-order valence-electron chi connectivity index (χ2n) is 7.37. The lowest BCUT2D eigenvalue weighted by Gasteiger charge is -2.31. The number of carbonyl (C=O) groups excluding carboxylic acids is 2. The van der Waals surface area contributed by atoms with Gasteiger partial charge in [-0.3, -0.25) is 9.59 Å². The van der Waals surface area contributed by atoms with Crippen molar-refractivity contribution in [2.24, 2.45) is 0 Å². The van der Waals surface area contributed by atoms with Gasteiger partial charge >= 0.3 is 0 Å². The normalized spacial score (nSPS) is 12.8. The molecule has 0 spiro atoms. The van der Waals surface area contributed by atoms with E-state index in [1.54, 1.807) is 17.0 Å². The minimum Gasteiger partial charge on any atom is -0.352 e. The maximum atomic E-state index is 13.2. The van der Waals surface area contributed by atoms with Gasteiger partial charge in [0.1, 0.15) is 11.9 Å². The van der Waals surface area contributed by atoms with Gasteiger partial charge in [-0.1, -0.05) is 56.3 Å². The number of halogens is 1. The topological polar surface area (TPSA) is 49.4 Å². The fraction of sp³-hybridized carbons (Fsp3) is 0.417. The lowest BCUT2D eigenvalue weighted by atomic mass is 10.1. The van der Waals surface area contributed by atoms with Gasteiger partial charge in [-0.15, -0.1) is 0 Å². The first-order valence-corrected chi connectivity index (χ1v) is 10.3. The Morgan fingerprint density at radius 2 is 1.62 bits per heavy atom. The van der Waals surface area contributed by atoms with Crippen LogP contribution in [-0.2, 0) is 22.4 Å². The van der Waals surface area contributed by atoms with Gasteiger partial charge in [0.2, 0.25) is 11.8 Å². The van der Waals surface area contributed by atoms with Gasteiger partial charge in [0, 0.05) is 12.6 Å². The number of nitrogens with zero attached hydrogens (tertiary/aromatic N) is 1. The summed E-state index contributed by atoms with van der Waals surface area (Å²) in [7, 11) is 0.